The van der Waals surface area contributed by atoms with Crippen molar-refractivity contribution in [2.45, 2.75) is 18.7 Å². The summed E-state index contributed by atoms with van der Waals surface area (Å²) in [5, 5.41) is 2.67. The lowest BCUT2D eigenvalue weighted by Gasteiger charge is -1.98. The Kier molecular flexibility index (Phi) is 7.25. The van der Waals surface area contributed by atoms with E-state index in [1.165, 1.54) is 6.92 Å². The van der Waals surface area contributed by atoms with Gasteiger partial charge in [-0.15, -0.1) is 23.2 Å². The van der Waals surface area contributed by atoms with E-state index in [9.17, 15) is 4.79 Å². The highest BCUT2D eigenvalue weighted by Gasteiger charge is 1.90. The first-order chi connectivity index (χ1) is 6.52. The van der Waals surface area contributed by atoms with Crippen LogP contribution < -0.4 is 5.32 Å². The fourth-order valence-electron chi connectivity index (χ4n) is 0.725. The third-order valence-electron chi connectivity index (χ3n) is 1.09. The normalized spacial score (nSPS) is 8.93. The molecule has 0 spiro atoms. The molecule has 0 aliphatic carbocycles. The van der Waals surface area contributed by atoms with Crippen LogP contribution in [0.3, 0.4) is 0 Å². The summed E-state index contributed by atoms with van der Waals surface area (Å²) in [5.74, 6) is -0.0359. The van der Waals surface area contributed by atoms with Crippen LogP contribution in [0.1, 0.15) is 13.8 Å². The Bertz CT molecular complexity index is 259. The lowest BCUT2D eigenvalue weighted by molar-refractivity contribution is -0.114. The number of rotatable bonds is 1. The number of nitrogens with one attached hydrogen (secondary N) is 1. The van der Waals surface area contributed by atoms with E-state index >= 15 is 0 Å². The van der Waals surface area contributed by atoms with Gasteiger partial charge in [0, 0.05) is 12.6 Å². The molecule has 4 heteroatoms. The van der Waals surface area contributed by atoms with Crippen LogP contribution in [0.2, 0.25) is 0 Å². The maximum Gasteiger partial charge on any atom is 0.221 e. The van der Waals surface area contributed by atoms with Crippen LogP contribution in [0, 0.1) is 0 Å². The van der Waals surface area contributed by atoms with Gasteiger partial charge in [0.15, 0.2) is 0 Å². The summed E-state index contributed by atoms with van der Waals surface area (Å²) in [5.41, 5.74) is 0.843. The number of hydrogen-bond donors (Lipinski definition) is 1. The third-order valence-corrected chi connectivity index (χ3v) is 1.09. The standard InChI is InChI=1S/C8H9NO.C2H4Cl2/c1-7(10)9-8-5-3-2-4-6-8;1-2(3)4/h2-6H,1H3,(H,9,10);2H,1H3. The van der Waals surface area contributed by atoms with Gasteiger partial charge in [0.05, 0.1) is 0 Å². The highest BCUT2D eigenvalue weighted by Crippen LogP contribution is 2.03. The average Bonchev–Trinajstić information content (AvgIpc) is 2.03. The van der Waals surface area contributed by atoms with E-state index in [1.807, 2.05) is 30.3 Å². The van der Waals surface area contributed by atoms with Gasteiger partial charge in [0.25, 0.3) is 0 Å². The van der Waals surface area contributed by atoms with E-state index in [1.54, 1.807) is 6.92 Å². The van der Waals surface area contributed by atoms with E-state index in [4.69, 9.17) is 23.2 Å². The van der Waals surface area contributed by atoms with Crippen LogP contribution in [0.5, 0.6) is 0 Å². The molecule has 1 N–H and O–H groups in total. The highest BCUT2D eigenvalue weighted by atomic mass is 35.5. The summed E-state index contributed by atoms with van der Waals surface area (Å²) in [4.78, 5) is 10.3. The van der Waals surface area contributed by atoms with Crippen molar-refractivity contribution in [2.75, 3.05) is 5.32 Å². The monoisotopic (exact) mass is 233 g/mol. The SMILES string of the molecule is CC(=O)Nc1ccccc1.CC(Cl)Cl. The minimum Gasteiger partial charge on any atom is -0.326 e. The number of amides is 1. The van der Waals surface area contributed by atoms with Crippen molar-refractivity contribution >= 4 is 34.8 Å². The molecule has 0 saturated carbocycles. The fraction of sp³-hybridized carbons (Fsp3) is 0.300. The molecule has 0 aliphatic rings. The molecule has 1 rings (SSSR count). The zero-order valence-corrected chi connectivity index (χ0v) is 9.64. The molecule has 1 aromatic rings. The van der Waals surface area contributed by atoms with Crippen LogP contribution in [-0.4, -0.2) is 10.7 Å². The van der Waals surface area contributed by atoms with Crippen molar-refractivity contribution in [1.82, 2.24) is 0 Å². The van der Waals surface area contributed by atoms with Crippen LogP contribution in [0.4, 0.5) is 5.69 Å². The van der Waals surface area contributed by atoms with E-state index in [0.29, 0.717) is 0 Å². The molecular formula is C10H13Cl2NO. The van der Waals surface area contributed by atoms with Gasteiger partial charge in [0.1, 0.15) is 4.84 Å². The maximum absolute atomic E-state index is 10.5. The molecule has 2 nitrogen and oxygen atoms in total. The molecule has 0 unspecified atom stereocenters. The molecule has 14 heavy (non-hydrogen) atoms. The Morgan fingerprint density at radius 1 is 1.29 bits per heavy atom. The second-order valence-corrected chi connectivity index (χ2v) is 4.10. The molecule has 0 radical (unpaired) electrons. The molecule has 0 fully saturated rings. The van der Waals surface area contributed by atoms with Gasteiger partial charge in [-0.2, -0.15) is 0 Å². The van der Waals surface area contributed by atoms with Crippen molar-refractivity contribution in [3.8, 4) is 0 Å². The van der Waals surface area contributed by atoms with Gasteiger partial charge < -0.3 is 5.32 Å². The second-order valence-electron chi connectivity index (χ2n) is 2.57. The zero-order valence-electron chi connectivity index (χ0n) is 8.13. The van der Waals surface area contributed by atoms with Crippen molar-refractivity contribution < 1.29 is 4.79 Å². The minimum absolute atomic E-state index is 0.0359. The smallest absolute Gasteiger partial charge is 0.221 e. The number of halogens is 2. The number of carbonyl (C=O) groups is 1. The molecule has 0 heterocycles. The van der Waals surface area contributed by atoms with Crippen LogP contribution in [-0.2, 0) is 4.79 Å². The zero-order chi connectivity index (χ0) is 11.0. The molecular weight excluding hydrogens is 221 g/mol. The summed E-state index contributed by atoms with van der Waals surface area (Å²) < 4.78 is 0. The van der Waals surface area contributed by atoms with Gasteiger partial charge >= 0.3 is 0 Å². The molecule has 78 valence electrons. The molecule has 1 amide bonds. The van der Waals surface area contributed by atoms with Gasteiger partial charge in [-0.3, -0.25) is 4.79 Å². The number of alkyl halides is 2. The first-order valence-electron chi connectivity index (χ1n) is 4.13. The number of hydrogen-bond acceptors (Lipinski definition) is 1. The molecule has 0 aliphatic heterocycles. The Labute approximate surface area is 94.2 Å². The predicted molar refractivity (Wildman–Crippen MR) is 61.9 cm³/mol. The van der Waals surface area contributed by atoms with Crippen LogP contribution >= 0.6 is 23.2 Å². The van der Waals surface area contributed by atoms with Crippen molar-refractivity contribution in [1.29, 1.82) is 0 Å². The maximum atomic E-state index is 10.5. The molecule has 0 atom stereocenters. The van der Waals surface area contributed by atoms with E-state index in [-0.39, 0.29) is 10.7 Å². The Morgan fingerprint density at radius 3 is 2.07 bits per heavy atom. The quantitative estimate of drug-likeness (QED) is 0.740. The highest BCUT2D eigenvalue weighted by molar-refractivity contribution is 6.43. The summed E-state index contributed by atoms with van der Waals surface area (Å²) in [7, 11) is 0. The molecule has 0 saturated heterocycles. The van der Waals surface area contributed by atoms with E-state index in [2.05, 4.69) is 5.32 Å². The Balaban J connectivity index is 0.000000364. The van der Waals surface area contributed by atoms with E-state index in [0.717, 1.165) is 5.69 Å². The summed E-state index contributed by atoms with van der Waals surface area (Å²) >= 11 is 10.1. The van der Waals surface area contributed by atoms with Gasteiger partial charge in [-0.25, -0.2) is 0 Å². The van der Waals surface area contributed by atoms with E-state index < -0.39 is 0 Å². The first kappa shape index (κ1) is 13.3. The molecule has 1 aromatic carbocycles. The van der Waals surface area contributed by atoms with Crippen molar-refractivity contribution in [3.05, 3.63) is 30.3 Å². The van der Waals surface area contributed by atoms with Gasteiger partial charge in [0.2, 0.25) is 5.91 Å². The lowest BCUT2D eigenvalue weighted by atomic mass is 10.3. The summed E-state index contributed by atoms with van der Waals surface area (Å²) in [6.45, 7) is 3.19. The second kappa shape index (κ2) is 7.65. The number of carbonyl (C=O) groups excluding carboxylic acids is 1. The number of para-hydroxylation sites is 1. The Hall–Kier alpha value is -0.730. The van der Waals surface area contributed by atoms with Crippen LogP contribution in [0.25, 0.3) is 0 Å². The van der Waals surface area contributed by atoms with Gasteiger partial charge in [-0.1, -0.05) is 18.2 Å². The summed E-state index contributed by atoms with van der Waals surface area (Å²) in [6, 6.07) is 9.37. The molecule has 0 bridgehead atoms. The first-order valence-corrected chi connectivity index (χ1v) is 5.00. The fourth-order valence-corrected chi connectivity index (χ4v) is 0.725. The van der Waals surface area contributed by atoms with Crippen molar-refractivity contribution in [2.24, 2.45) is 0 Å². The third kappa shape index (κ3) is 9.36. The number of benzene rings is 1. The topological polar surface area (TPSA) is 29.1 Å². The summed E-state index contributed by atoms with van der Waals surface area (Å²) in [6.07, 6.45) is 0. The predicted octanol–water partition coefficient (Wildman–Crippen LogP) is 3.46. The lowest BCUT2D eigenvalue weighted by Crippen LogP contribution is -2.04. The number of anilines is 1. The Morgan fingerprint density at radius 2 is 1.71 bits per heavy atom. The largest absolute Gasteiger partial charge is 0.326 e. The molecule has 0 aromatic heterocycles. The minimum atomic E-state index is -0.222. The van der Waals surface area contributed by atoms with Crippen LogP contribution in [0.15, 0.2) is 30.3 Å². The van der Waals surface area contributed by atoms with Gasteiger partial charge in [-0.05, 0) is 19.1 Å². The van der Waals surface area contributed by atoms with Crippen molar-refractivity contribution in [3.63, 3.8) is 0 Å². The average molecular weight is 234 g/mol.